The summed E-state index contributed by atoms with van der Waals surface area (Å²) in [6.45, 7) is 0. The Balaban J connectivity index is 2.94. The van der Waals surface area contributed by atoms with E-state index in [9.17, 15) is 26.3 Å². The smallest absolute Gasteiger partial charge is 0.399 e. The fourth-order valence-corrected chi connectivity index (χ4v) is 2.29. The molecule has 0 saturated heterocycles. The lowest BCUT2D eigenvalue weighted by Crippen LogP contribution is -2.16. The van der Waals surface area contributed by atoms with Crippen molar-refractivity contribution in [3.8, 4) is 11.1 Å². The number of hydrogen-bond donors (Lipinski definition) is 4. The van der Waals surface area contributed by atoms with Crippen molar-refractivity contribution >= 4 is 22.7 Å². The van der Waals surface area contributed by atoms with Gasteiger partial charge in [0.1, 0.15) is 0 Å². The first-order valence-corrected chi connectivity index (χ1v) is 6.35. The molecule has 0 fully saturated rings. The van der Waals surface area contributed by atoms with Gasteiger partial charge < -0.3 is 22.9 Å². The van der Waals surface area contributed by atoms with Crippen molar-refractivity contribution < 1.29 is 26.3 Å². The van der Waals surface area contributed by atoms with E-state index in [2.05, 4.69) is 0 Å². The molecular formula is C14H12F6N4. The van der Waals surface area contributed by atoms with Crippen molar-refractivity contribution in [1.29, 1.82) is 0 Å². The van der Waals surface area contributed by atoms with E-state index in [4.69, 9.17) is 22.9 Å². The van der Waals surface area contributed by atoms with Crippen molar-refractivity contribution in [1.82, 2.24) is 0 Å². The highest BCUT2D eigenvalue weighted by molar-refractivity contribution is 5.90. The Bertz CT molecular complexity index is 795. The maximum Gasteiger partial charge on any atom is 0.419 e. The zero-order valence-corrected chi connectivity index (χ0v) is 11.9. The van der Waals surface area contributed by atoms with Gasteiger partial charge in [-0.05, 0) is 29.3 Å². The number of benzene rings is 2. The Kier molecular flexibility index (Phi) is 3.95. The Labute approximate surface area is 132 Å². The van der Waals surface area contributed by atoms with Gasteiger partial charge in [0.15, 0.2) is 0 Å². The van der Waals surface area contributed by atoms with Crippen LogP contribution in [0, 0.1) is 0 Å². The van der Waals surface area contributed by atoms with Crippen LogP contribution in [0.2, 0.25) is 0 Å². The van der Waals surface area contributed by atoms with Crippen LogP contribution in [0.4, 0.5) is 49.1 Å². The zero-order valence-electron chi connectivity index (χ0n) is 11.9. The van der Waals surface area contributed by atoms with Gasteiger partial charge in [-0.25, -0.2) is 0 Å². The van der Waals surface area contributed by atoms with Gasteiger partial charge in [-0.3, -0.25) is 0 Å². The number of nitrogen functional groups attached to an aromatic ring is 4. The van der Waals surface area contributed by atoms with E-state index >= 15 is 0 Å². The van der Waals surface area contributed by atoms with E-state index in [1.807, 2.05) is 0 Å². The van der Waals surface area contributed by atoms with Gasteiger partial charge in [0.2, 0.25) is 0 Å². The molecular weight excluding hydrogens is 338 g/mol. The third-order valence-corrected chi connectivity index (χ3v) is 3.36. The van der Waals surface area contributed by atoms with E-state index < -0.39 is 46.0 Å². The molecule has 0 atom stereocenters. The molecule has 0 aliphatic heterocycles. The molecule has 8 N–H and O–H groups in total. The van der Waals surface area contributed by atoms with Crippen LogP contribution in [0.5, 0.6) is 0 Å². The molecule has 0 spiro atoms. The van der Waals surface area contributed by atoms with Gasteiger partial charge in [0, 0.05) is 5.69 Å². The topological polar surface area (TPSA) is 104 Å². The largest absolute Gasteiger partial charge is 0.419 e. The molecule has 2 rings (SSSR count). The Hall–Kier alpha value is -2.78. The average Bonchev–Trinajstić information content (AvgIpc) is 2.41. The number of nitrogens with two attached hydrogens (primary N) is 4. The summed E-state index contributed by atoms with van der Waals surface area (Å²) in [6, 6.07) is 3.14. The molecule has 0 aromatic heterocycles. The molecule has 0 unspecified atom stereocenters. The van der Waals surface area contributed by atoms with Crippen LogP contribution in [0.15, 0.2) is 24.3 Å². The normalized spacial score (nSPS) is 12.4. The molecule has 0 heterocycles. The van der Waals surface area contributed by atoms with Crippen LogP contribution < -0.4 is 22.9 Å². The molecule has 0 radical (unpaired) electrons. The minimum atomic E-state index is -5.04. The Morgan fingerprint density at radius 3 is 1.75 bits per heavy atom. The SMILES string of the molecule is Nc1ccc(-c2cc(N)c(N)c(N)c2C(F)(F)F)c(C(F)(F)F)c1. The molecule has 0 bridgehead atoms. The van der Waals surface area contributed by atoms with E-state index in [0.29, 0.717) is 6.07 Å². The minimum Gasteiger partial charge on any atom is -0.399 e. The summed E-state index contributed by atoms with van der Waals surface area (Å²) in [5, 5.41) is 0. The fraction of sp³-hybridized carbons (Fsp3) is 0.143. The van der Waals surface area contributed by atoms with Gasteiger partial charge in [-0.2, -0.15) is 26.3 Å². The summed E-state index contributed by atoms with van der Waals surface area (Å²) in [5.74, 6) is 0. The van der Waals surface area contributed by atoms with Gasteiger partial charge in [-0.1, -0.05) is 6.07 Å². The predicted molar refractivity (Wildman–Crippen MR) is 79.5 cm³/mol. The van der Waals surface area contributed by atoms with Crippen LogP contribution in [-0.4, -0.2) is 0 Å². The van der Waals surface area contributed by atoms with Crippen LogP contribution in [0.1, 0.15) is 11.1 Å². The second-order valence-electron chi connectivity index (χ2n) is 5.02. The second-order valence-corrected chi connectivity index (χ2v) is 5.02. The molecule has 24 heavy (non-hydrogen) atoms. The molecule has 10 heteroatoms. The number of alkyl halides is 6. The fourth-order valence-electron chi connectivity index (χ4n) is 2.29. The second kappa shape index (κ2) is 5.39. The summed E-state index contributed by atoms with van der Waals surface area (Å²) in [7, 11) is 0. The maximum absolute atomic E-state index is 13.3. The summed E-state index contributed by atoms with van der Waals surface area (Å²) >= 11 is 0. The third kappa shape index (κ3) is 2.99. The first-order valence-electron chi connectivity index (χ1n) is 6.35. The maximum atomic E-state index is 13.3. The van der Waals surface area contributed by atoms with E-state index in [-0.39, 0.29) is 11.4 Å². The van der Waals surface area contributed by atoms with Crippen molar-refractivity contribution in [2.75, 3.05) is 22.9 Å². The van der Waals surface area contributed by atoms with Crippen LogP contribution >= 0.6 is 0 Å². The standard InChI is InChI=1S/C14H12F6N4/c15-13(16,17)8-3-5(21)1-2-6(8)7-4-9(22)11(23)12(24)10(7)14(18,19)20/h1-4H,21-24H2. The number of hydrogen-bond acceptors (Lipinski definition) is 4. The van der Waals surface area contributed by atoms with Crippen LogP contribution in [0.25, 0.3) is 11.1 Å². The monoisotopic (exact) mass is 350 g/mol. The zero-order chi connectivity index (χ0) is 18.4. The lowest BCUT2D eigenvalue weighted by atomic mass is 9.92. The highest BCUT2D eigenvalue weighted by Crippen LogP contribution is 2.48. The highest BCUT2D eigenvalue weighted by atomic mass is 19.4. The van der Waals surface area contributed by atoms with Crippen molar-refractivity contribution in [2.24, 2.45) is 0 Å². The molecule has 0 amide bonds. The van der Waals surface area contributed by atoms with Crippen molar-refractivity contribution in [3.05, 3.63) is 35.4 Å². The molecule has 2 aromatic carbocycles. The molecule has 2 aromatic rings. The minimum absolute atomic E-state index is 0.254. The lowest BCUT2D eigenvalue weighted by Gasteiger charge is -2.21. The Morgan fingerprint density at radius 2 is 1.25 bits per heavy atom. The van der Waals surface area contributed by atoms with E-state index in [0.717, 1.165) is 18.2 Å². The molecule has 130 valence electrons. The number of rotatable bonds is 1. The van der Waals surface area contributed by atoms with Crippen LogP contribution in [-0.2, 0) is 12.4 Å². The number of anilines is 4. The van der Waals surface area contributed by atoms with Crippen molar-refractivity contribution in [2.45, 2.75) is 12.4 Å². The number of halogens is 6. The van der Waals surface area contributed by atoms with E-state index in [1.54, 1.807) is 0 Å². The van der Waals surface area contributed by atoms with Gasteiger partial charge in [-0.15, -0.1) is 0 Å². The van der Waals surface area contributed by atoms with E-state index in [1.165, 1.54) is 0 Å². The molecule has 0 aliphatic rings. The Morgan fingerprint density at radius 1 is 0.667 bits per heavy atom. The average molecular weight is 350 g/mol. The molecule has 4 nitrogen and oxygen atoms in total. The van der Waals surface area contributed by atoms with Crippen LogP contribution in [0.3, 0.4) is 0 Å². The summed E-state index contributed by atoms with van der Waals surface area (Å²) in [5.41, 5.74) is 15.1. The lowest BCUT2D eigenvalue weighted by molar-refractivity contribution is -0.139. The highest BCUT2D eigenvalue weighted by Gasteiger charge is 2.40. The first-order chi connectivity index (χ1) is 10.8. The quantitative estimate of drug-likeness (QED) is 0.465. The van der Waals surface area contributed by atoms with Gasteiger partial charge >= 0.3 is 12.4 Å². The van der Waals surface area contributed by atoms with Gasteiger partial charge in [0.25, 0.3) is 0 Å². The summed E-state index contributed by atoms with van der Waals surface area (Å²) in [4.78, 5) is 0. The first kappa shape index (κ1) is 17.6. The van der Waals surface area contributed by atoms with Gasteiger partial charge in [0.05, 0.1) is 28.2 Å². The molecule has 0 saturated carbocycles. The predicted octanol–water partition coefficient (Wildman–Crippen LogP) is 3.72. The summed E-state index contributed by atoms with van der Waals surface area (Å²) < 4.78 is 79.6. The van der Waals surface area contributed by atoms with Crippen molar-refractivity contribution in [3.63, 3.8) is 0 Å². The summed E-state index contributed by atoms with van der Waals surface area (Å²) in [6.07, 6.45) is -9.97. The third-order valence-electron chi connectivity index (χ3n) is 3.36. The molecule has 0 aliphatic carbocycles.